The quantitative estimate of drug-likeness (QED) is 0.638. The lowest BCUT2D eigenvalue weighted by molar-refractivity contribution is 0.464. The number of benzene rings is 2. The van der Waals surface area contributed by atoms with Gasteiger partial charge >= 0.3 is 0 Å². The van der Waals surface area contributed by atoms with E-state index in [1.807, 2.05) is 54.6 Å². The van der Waals surface area contributed by atoms with E-state index in [4.69, 9.17) is 10.5 Å². The van der Waals surface area contributed by atoms with E-state index in [1.165, 1.54) is 6.33 Å². The predicted molar refractivity (Wildman–Crippen MR) is 95.4 cm³/mol. The first-order chi connectivity index (χ1) is 10.7. The minimum Gasteiger partial charge on any atom is -0.437 e. The highest BCUT2D eigenvalue weighted by molar-refractivity contribution is 14.1. The third kappa shape index (κ3) is 3.45. The van der Waals surface area contributed by atoms with E-state index in [2.05, 4.69) is 37.9 Å². The molecular formula is C16H13IN4O. The van der Waals surface area contributed by atoms with Crippen LogP contribution in [0.5, 0.6) is 11.6 Å². The van der Waals surface area contributed by atoms with Gasteiger partial charge in [-0.2, -0.15) is 4.98 Å². The van der Waals surface area contributed by atoms with Crippen molar-refractivity contribution in [2.24, 2.45) is 0 Å². The summed E-state index contributed by atoms with van der Waals surface area (Å²) in [5.74, 6) is 1.52. The highest BCUT2D eigenvalue weighted by Crippen LogP contribution is 2.30. The molecule has 22 heavy (non-hydrogen) atoms. The van der Waals surface area contributed by atoms with Crippen molar-refractivity contribution in [3.8, 4) is 11.6 Å². The molecule has 3 rings (SSSR count). The molecule has 3 aromatic rings. The summed E-state index contributed by atoms with van der Waals surface area (Å²) in [4.78, 5) is 8.26. The lowest BCUT2D eigenvalue weighted by Crippen LogP contribution is -2.03. The van der Waals surface area contributed by atoms with E-state index in [0.29, 0.717) is 23.1 Å². The summed E-state index contributed by atoms with van der Waals surface area (Å²) in [6.07, 6.45) is 1.42. The van der Waals surface area contributed by atoms with Crippen LogP contribution in [0.3, 0.4) is 0 Å². The van der Waals surface area contributed by atoms with Crippen molar-refractivity contribution in [1.82, 2.24) is 9.97 Å². The van der Waals surface area contributed by atoms with E-state index in [0.717, 1.165) is 9.26 Å². The zero-order valence-corrected chi connectivity index (χ0v) is 13.7. The van der Waals surface area contributed by atoms with Crippen molar-refractivity contribution in [1.29, 1.82) is 0 Å². The summed E-state index contributed by atoms with van der Waals surface area (Å²) in [6.45, 7) is 0. The summed E-state index contributed by atoms with van der Waals surface area (Å²) in [5.41, 5.74) is 7.36. The lowest BCUT2D eigenvalue weighted by atomic mass is 10.3. The molecule has 0 spiro atoms. The summed E-state index contributed by atoms with van der Waals surface area (Å²) >= 11 is 2.25. The number of aromatic nitrogens is 2. The van der Waals surface area contributed by atoms with Gasteiger partial charge in [0.25, 0.3) is 0 Å². The molecule has 5 nitrogen and oxygen atoms in total. The van der Waals surface area contributed by atoms with Crippen LogP contribution in [0, 0.1) is 3.57 Å². The zero-order valence-electron chi connectivity index (χ0n) is 11.5. The van der Waals surface area contributed by atoms with Gasteiger partial charge in [0.05, 0.1) is 0 Å². The summed E-state index contributed by atoms with van der Waals surface area (Å²) in [5, 5.41) is 3.17. The smallest absolute Gasteiger partial charge is 0.248 e. The van der Waals surface area contributed by atoms with E-state index in [-0.39, 0.29) is 0 Å². The minimum absolute atomic E-state index is 0.328. The first-order valence-electron chi connectivity index (χ1n) is 6.58. The fourth-order valence-electron chi connectivity index (χ4n) is 1.83. The van der Waals surface area contributed by atoms with E-state index < -0.39 is 0 Å². The van der Waals surface area contributed by atoms with Crippen molar-refractivity contribution < 1.29 is 4.74 Å². The highest BCUT2D eigenvalue weighted by atomic mass is 127. The SMILES string of the molecule is Nc1c(Nc2ccc(I)cc2)ncnc1Oc1ccccc1. The Morgan fingerprint density at radius 3 is 2.41 bits per heavy atom. The van der Waals surface area contributed by atoms with Gasteiger partial charge in [-0.15, -0.1) is 0 Å². The fourth-order valence-corrected chi connectivity index (χ4v) is 2.19. The molecule has 1 aromatic heterocycles. The zero-order chi connectivity index (χ0) is 15.4. The van der Waals surface area contributed by atoms with Gasteiger partial charge in [0.1, 0.15) is 17.8 Å². The van der Waals surface area contributed by atoms with Crippen LogP contribution in [0.4, 0.5) is 17.2 Å². The van der Waals surface area contributed by atoms with Crippen LogP contribution in [0.25, 0.3) is 0 Å². The van der Waals surface area contributed by atoms with Crippen molar-refractivity contribution in [3.63, 3.8) is 0 Å². The van der Waals surface area contributed by atoms with Crippen molar-refractivity contribution in [2.45, 2.75) is 0 Å². The number of nitrogen functional groups attached to an aromatic ring is 1. The Balaban J connectivity index is 1.84. The number of hydrogen-bond acceptors (Lipinski definition) is 5. The molecule has 0 aliphatic carbocycles. The standard InChI is InChI=1S/C16H13IN4O/c17-11-6-8-12(9-7-11)21-15-14(18)16(20-10-19-15)22-13-4-2-1-3-5-13/h1-10H,18H2,(H,19,20,21). The van der Waals surface area contributed by atoms with Gasteiger partial charge in [-0.25, -0.2) is 4.98 Å². The number of hydrogen-bond donors (Lipinski definition) is 2. The lowest BCUT2D eigenvalue weighted by Gasteiger charge is -2.11. The Bertz CT molecular complexity index is 763. The number of nitrogens with zero attached hydrogens (tertiary/aromatic N) is 2. The molecule has 0 unspecified atom stereocenters. The van der Waals surface area contributed by atoms with Crippen LogP contribution in [0.2, 0.25) is 0 Å². The number of para-hydroxylation sites is 1. The molecule has 3 N–H and O–H groups in total. The van der Waals surface area contributed by atoms with Gasteiger partial charge < -0.3 is 15.8 Å². The van der Waals surface area contributed by atoms with Gasteiger partial charge in [-0.3, -0.25) is 0 Å². The van der Waals surface area contributed by atoms with Crippen LogP contribution in [-0.2, 0) is 0 Å². The van der Waals surface area contributed by atoms with Gasteiger partial charge in [-0.05, 0) is 59.0 Å². The molecule has 110 valence electrons. The number of nitrogens with two attached hydrogens (primary N) is 1. The summed E-state index contributed by atoms with van der Waals surface area (Å²) in [6, 6.07) is 17.3. The Labute approximate surface area is 141 Å². The van der Waals surface area contributed by atoms with Crippen LogP contribution in [0.1, 0.15) is 0 Å². The van der Waals surface area contributed by atoms with Crippen LogP contribution >= 0.6 is 22.6 Å². The molecule has 0 saturated carbocycles. The van der Waals surface area contributed by atoms with E-state index in [9.17, 15) is 0 Å². The number of halogens is 1. The third-order valence-corrected chi connectivity index (χ3v) is 3.63. The summed E-state index contributed by atoms with van der Waals surface area (Å²) in [7, 11) is 0. The second-order valence-electron chi connectivity index (χ2n) is 4.49. The molecule has 0 radical (unpaired) electrons. The van der Waals surface area contributed by atoms with Crippen LogP contribution in [-0.4, -0.2) is 9.97 Å². The molecule has 1 heterocycles. The molecule has 2 aromatic carbocycles. The van der Waals surface area contributed by atoms with Crippen molar-refractivity contribution in [3.05, 3.63) is 64.5 Å². The van der Waals surface area contributed by atoms with Crippen molar-refractivity contribution in [2.75, 3.05) is 11.1 Å². The molecule has 0 saturated heterocycles. The average Bonchev–Trinajstić information content (AvgIpc) is 2.54. The summed E-state index contributed by atoms with van der Waals surface area (Å²) < 4.78 is 6.85. The normalized spacial score (nSPS) is 10.2. The molecule has 6 heteroatoms. The second-order valence-corrected chi connectivity index (χ2v) is 5.73. The number of anilines is 3. The van der Waals surface area contributed by atoms with Gasteiger partial charge in [-0.1, -0.05) is 18.2 Å². The van der Waals surface area contributed by atoms with E-state index >= 15 is 0 Å². The maximum atomic E-state index is 6.09. The van der Waals surface area contributed by atoms with Crippen LogP contribution in [0.15, 0.2) is 60.9 Å². The molecule has 0 aliphatic heterocycles. The molecule has 0 atom stereocenters. The monoisotopic (exact) mass is 404 g/mol. The number of ether oxygens (including phenoxy) is 1. The molecule has 0 bridgehead atoms. The highest BCUT2D eigenvalue weighted by Gasteiger charge is 2.10. The number of nitrogens with one attached hydrogen (secondary N) is 1. The van der Waals surface area contributed by atoms with Gasteiger partial charge in [0, 0.05) is 9.26 Å². The second kappa shape index (κ2) is 6.61. The Morgan fingerprint density at radius 2 is 1.68 bits per heavy atom. The van der Waals surface area contributed by atoms with Gasteiger partial charge in [0.2, 0.25) is 5.88 Å². The number of rotatable bonds is 4. The predicted octanol–water partition coefficient (Wildman–Crippen LogP) is 4.20. The molecule has 0 aliphatic rings. The third-order valence-electron chi connectivity index (χ3n) is 2.91. The minimum atomic E-state index is 0.328. The molecule has 0 fully saturated rings. The maximum Gasteiger partial charge on any atom is 0.248 e. The maximum absolute atomic E-state index is 6.09. The average molecular weight is 404 g/mol. The van der Waals surface area contributed by atoms with Gasteiger partial charge in [0.15, 0.2) is 5.82 Å². The fraction of sp³-hybridized carbons (Fsp3) is 0. The van der Waals surface area contributed by atoms with Crippen LogP contribution < -0.4 is 15.8 Å². The first-order valence-corrected chi connectivity index (χ1v) is 7.66. The molecule has 0 amide bonds. The first kappa shape index (κ1) is 14.6. The van der Waals surface area contributed by atoms with E-state index in [1.54, 1.807) is 0 Å². The Hall–Kier alpha value is -2.35. The Kier molecular flexibility index (Phi) is 4.38. The topological polar surface area (TPSA) is 73.1 Å². The Morgan fingerprint density at radius 1 is 0.955 bits per heavy atom. The largest absolute Gasteiger partial charge is 0.437 e. The van der Waals surface area contributed by atoms with Crippen molar-refractivity contribution >= 4 is 39.8 Å². The molecular weight excluding hydrogens is 391 g/mol.